The molecule has 0 bridgehead atoms. The van der Waals surface area contributed by atoms with E-state index in [0.717, 1.165) is 19.1 Å². The average molecular weight is 152 g/mol. The van der Waals surface area contributed by atoms with Crippen molar-refractivity contribution in [3.8, 4) is 0 Å². The summed E-state index contributed by atoms with van der Waals surface area (Å²) in [5, 5.41) is 0. The summed E-state index contributed by atoms with van der Waals surface area (Å²) in [6, 6.07) is 0. The fourth-order valence-electron chi connectivity index (χ4n) is 1.45. The van der Waals surface area contributed by atoms with Crippen LogP contribution < -0.4 is 0 Å². The van der Waals surface area contributed by atoms with Crippen LogP contribution in [0.5, 0.6) is 0 Å². The maximum atomic E-state index is 10.9. The van der Waals surface area contributed by atoms with E-state index in [1.54, 1.807) is 0 Å². The number of Topliss-reactive ketones (excluding diaryl/α,β-unsaturated/α-hetero) is 1. The Labute approximate surface area is 66.3 Å². The van der Waals surface area contributed by atoms with E-state index in [2.05, 4.69) is 0 Å². The van der Waals surface area contributed by atoms with E-state index >= 15 is 0 Å². The van der Waals surface area contributed by atoms with Gasteiger partial charge in [-0.2, -0.15) is 0 Å². The lowest BCUT2D eigenvalue weighted by Crippen LogP contribution is -2.20. The molecule has 0 saturated heterocycles. The molecule has 11 heavy (non-hydrogen) atoms. The highest BCUT2D eigenvalue weighted by Crippen LogP contribution is 2.24. The molecule has 0 N–H and O–H groups in total. The molecule has 0 aromatic rings. The van der Waals surface area contributed by atoms with Crippen LogP contribution in [0.3, 0.4) is 0 Å². The first-order valence-corrected chi connectivity index (χ1v) is 3.88. The predicted molar refractivity (Wildman–Crippen MR) is 42.1 cm³/mol. The van der Waals surface area contributed by atoms with Crippen molar-refractivity contribution >= 4 is 12.1 Å². The Hall–Kier alpha value is -0.920. The molecule has 0 aromatic heterocycles. The van der Waals surface area contributed by atoms with Gasteiger partial charge in [-0.15, -0.1) is 0 Å². The van der Waals surface area contributed by atoms with Crippen LogP contribution in [0.4, 0.5) is 0 Å². The second kappa shape index (κ2) is 3.46. The molecule has 0 fully saturated rings. The van der Waals surface area contributed by atoms with Crippen LogP contribution in [-0.4, -0.2) is 12.1 Å². The zero-order valence-corrected chi connectivity index (χ0v) is 6.62. The van der Waals surface area contributed by atoms with Crippen molar-refractivity contribution in [2.75, 3.05) is 0 Å². The van der Waals surface area contributed by atoms with E-state index < -0.39 is 5.92 Å². The largest absolute Gasteiger partial charge is 0.303 e. The van der Waals surface area contributed by atoms with Crippen LogP contribution in [0.2, 0.25) is 0 Å². The highest BCUT2D eigenvalue weighted by molar-refractivity contribution is 5.92. The smallest absolute Gasteiger partial charge is 0.140 e. The maximum absolute atomic E-state index is 10.9. The number of allylic oxidation sites excluding steroid dienone is 2. The van der Waals surface area contributed by atoms with Gasteiger partial charge in [0.15, 0.2) is 0 Å². The third kappa shape index (κ3) is 1.76. The monoisotopic (exact) mass is 152 g/mol. The predicted octanol–water partition coefficient (Wildman–Crippen LogP) is 1.36. The van der Waals surface area contributed by atoms with Crippen molar-refractivity contribution in [3.05, 3.63) is 12.2 Å². The van der Waals surface area contributed by atoms with Crippen LogP contribution in [0, 0.1) is 11.8 Å². The molecule has 1 aliphatic carbocycles. The Bertz CT molecular complexity index is 194. The molecule has 2 atom stereocenters. The van der Waals surface area contributed by atoms with Gasteiger partial charge in [0, 0.05) is 0 Å². The number of ketones is 1. The maximum Gasteiger partial charge on any atom is 0.140 e. The minimum atomic E-state index is -0.395. The van der Waals surface area contributed by atoms with E-state index in [9.17, 15) is 9.59 Å². The molecule has 1 rings (SSSR count). The fourth-order valence-corrected chi connectivity index (χ4v) is 1.45. The number of carbonyl (C=O) groups is 2. The first-order valence-electron chi connectivity index (χ1n) is 3.88. The van der Waals surface area contributed by atoms with E-state index in [4.69, 9.17) is 0 Å². The van der Waals surface area contributed by atoms with Gasteiger partial charge in [-0.25, -0.2) is 0 Å². The molecule has 2 heteroatoms. The molecule has 0 heterocycles. The third-order valence-corrected chi connectivity index (χ3v) is 2.13. The van der Waals surface area contributed by atoms with Crippen molar-refractivity contribution in [2.24, 2.45) is 11.8 Å². The summed E-state index contributed by atoms with van der Waals surface area (Å²) in [4.78, 5) is 21.4. The second-order valence-electron chi connectivity index (χ2n) is 2.94. The molecule has 0 spiro atoms. The summed E-state index contributed by atoms with van der Waals surface area (Å²) in [5.41, 5.74) is 0. The fraction of sp³-hybridized carbons (Fsp3) is 0.556. The Balaban J connectivity index is 2.61. The van der Waals surface area contributed by atoms with Crippen LogP contribution >= 0.6 is 0 Å². The lowest BCUT2D eigenvalue weighted by molar-refractivity contribution is -0.127. The van der Waals surface area contributed by atoms with Gasteiger partial charge in [0.2, 0.25) is 0 Å². The standard InChI is InChI=1S/C9H12O2/c1-7(11)9(6-10)8-4-2-3-5-8/h2,4,6,8-9H,3,5H2,1H3. The Morgan fingerprint density at radius 1 is 1.73 bits per heavy atom. The molecule has 0 radical (unpaired) electrons. The van der Waals surface area contributed by atoms with Crippen LogP contribution in [0.15, 0.2) is 12.2 Å². The van der Waals surface area contributed by atoms with Gasteiger partial charge in [0.25, 0.3) is 0 Å². The molecular formula is C9H12O2. The number of carbonyl (C=O) groups excluding carboxylic acids is 2. The minimum absolute atomic E-state index is 0.0171. The summed E-state index contributed by atoms with van der Waals surface area (Å²) in [6.45, 7) is 1.48. The molecule has 2 nitrogen and oxygen atoms in total. The molecular weight excluding hydrogens is 140 g/mol. The zero-order valence-electron chi connectivity index (χ0n) is 6.62. The van der Waals surface area contributed by atoms with Gasteiger partial charge in [-0.3, -0.25) is 4.79 Å². The zero-order chi connectivity index (χ0) is 8.27. The van der Waals surface area contributed by atoms with E-state index in [0.29, 0.717) is 0 Å². The van der Waals surface area contributed by atoms with Crippen LogP contribution in [-0.2, 0) is 9.59 Å². The van der Waals surface area contributed by atoms with Gasteiger partial charge in [0.05, 0.1) is 5.92 Å². The molecule has 2 unspecified atom stereocenters. The van der Waals surface area contributed by atoms with Gasteiger partial charge >= 0.3 is 0 Å². The highest BCUT2D eigenvalue weighted by Gasteiger charge is 2.24. The first kappa shape index (κ1) is 8.18. The second-order valence-corrected chi connectivity index (χ2v) is 2.94. The molecule has 0 aliphatic heterocycles. The summed E-state index contributed by atoms with van der Waals surface area (Å²) in [6.07, 6.45) is 6.72. The summed E-state index contributed by atoms with van der Waals surface area (Å²) in [5.74, 6) is -0.240. The number of aldehydes is 1. The highest BCUT2D eigenvalue weighted by atomic mass is 16.1. The van der Waals surface area contributed by atoms with E-state index in [1.165, 1.54) is 6.92 Å². The van der Waals surface area contributed by atoms with Crippen LogP contribution in [0.1, 0.15) is 19.8 Å². The van der Waals surface area contributed by atoms with E-state index in [-0.39, 0.29) is 11.7 Å². The SMILES string of the molecule is CC(=O)C(C=O)C1C=CCC1. The van der Waals surface area contributed by atoms with Gasteiger partial charge in [0.1, 0.15) is 12.1 Å². The Morgan fingerprint density at radius 2 is 2.45 bits per heavy atom. The number of rotatable bonds is 3. The van der Waals surface area contributed by atoms with Crippen molar-refractivity contribution in [1.82, 2.24) is 0 Å². The van der Waals surface area contributed by atoms with Gasteiger partial charge < -0.3 is 4.79 Å². The number of hydrogen-bond donors (Lipinski definition) is 0. The molecule has 0 saturated carbocycles. The van der Waals surface area contributed by atoms with Crippen LogP contribution in [0.25, 0.3) is 0 Å². The van der Waals surface area contributed by atoms with Crippen molar-refractivity contribution in [1.29, 1.82) is 0 Å². The average Bonchev–Trinajstić information content (AvgIpc) is 2.40. The van der Waals surface area contributed by atoms with Crippen molar-refractivity contribution in [2.45, 2.75) is 19.8 Å². The summed E-state index contributed by atoms with van der Waals surface area (Å²) in [7, 11) is 0. The lowest BCUT2D eigenvalue weighted by atomic mass is 9.90. The normalized spacial score (nSPS) is 25.0. The molecule has 1 aliphatic rings. The summed E-state index contributed by atoms with van der Waals surface area (Å²) >= 11 is 0. The topological polar surface area (TPSA) is 34.1 Å². The number of hydrogen-bond acceptors (Lipinski definition) is 2. The third-order valence-electron chi connectivity index (χ3n) is 2.13. The van der Waals surface area contributed by atoms with Crippen molar-refractivity contribution < 1.29 is 9.59 Å². The summed E-state index contributed by atoms with van der Waals surface area (Å²) < 4.78 is 0. The Morgan fingerprint density at radius 3 is 2.82 bits per heavy atom. The molecule has 0 aromatic carbocycles. The minimum Gasteiger partial charge on any atom is -0.303 e. The molecule has 0 amide bonds. The van der Waals surface area contributed by atoms with Gasteiger partial charge in [-0.1, -0.05) is 12.2 Å². The molecule has 60 valence electrons. The van der Waals surface area contributed by atoms with Crippen molar-refractivity contribution in [3.63, 3.8) is 0 Å². The first-order chi connectivity index (χ1) is 5.25. The Kier molecular flexibility index (Phi) is 2.58. The van der Waals surface area contributed by atoms with E-state index in [1.807, 2.05) is 12.2 Å². The quantitative estimate of drug-likeness (QED) is 0.347. The van der Waals surface area contributed by atoms with Gasteiger partial charge in [-0.05, 0) is 25.7 Å². The lowest BCUT2D eigenvalue weighted by Gasteiger charge is -2.11.